The monoisotopic (exact) mass is 396 g/mol. The molecule has 1 aliphatic heterocycles. The fourth-order valence-corrected chi connectivity index (χ4v) is 3.18. The summed E-state index contributed by atoms with van der Waals surface area (Å²) in [6.45, 7) is 0.710. The highest BCUT2D eigenvalue weighted by Gasteiger charge is 2.29. The molecule has 2 rings (SSSR count). The molecular weight excluding hydrogens is 392 g/mol. The molecule has 15 heavy (non-hydrogen) atoms. The third-order valence-corrected chi connectivity index (χ3v) is 3.56. The van der Waals surface area contributed by atoms with E-state index in [9.17, 15) is 4.79 Å². The molecule has 0 bridgehead atoms. The number of halogens is 3. The molecule has 1 unspecified atom stereocenters. The average molecular weight is 399 g/mol. The molecule has 1 aromatic heterocycles. The van der Waals surface area contributed by atoms with Gasteiger partial charge in [0.2, 0.25) is 5.91 Å². The van der Waals surface area contributed by atoms with Crippen molar-refractivity contribution >= 4 is 59.4 Å². The van der Waals surface area contributed by atoms with Crippen molar-refractivity contribution in [3.8, 4) is 0 Å². The first kappa shape index (κ1) is 11.5. The minimum atomic E-state index is 0.141. The minimum Gasteiger partial charge on any atom is -0.311 e. The Bertz CT molecular complexity index is 390. The van der Waals surface area contributed by atoms with E-state index >= 15 is 0 Å². The van der Waals surface area contributed by atoms with Crippen LogP contribution in [-0.2, 0) is 4.79 Å². The quantitative estimate of drug-likeness (QED) is 0.538. The van der Waals surface area contributed by atoms with Crippen LogP contribution >= 0.6 is 47.8 Å². The number of hydrogen-bond donors (Lipinski definition) is 0. The van der Waals surface area contributed by atoms with E-state index in [1.54, 1.807) is 4.90 Å². The third-order valence-electron chi connectivity index (χ3n) is 2.14. The summed E-state index contributed by atoms with van der Waals surface area (Å²) < 4.78 is 1.44. The smallest absolute Gasteiger partial charge is 0.228 e. The molecule has 6 heteroatoms. The lowest BCUT2D eigenvalue weighted by atomic mass is 10.4. The Morgan fingerprint density at radius 2 is 1.93 bits per heavy atom. The SMILES string of the molecule is O=C1CC(Br)CN1c1cc(Br)nc(Br)c1. The second kappa shape index (κ2) is 4.51. The first-order chi connectivity index (χ1) is 7.06. The van der Waals surface area contributed by atoms with Gasteiger partial charge in [-0.1, -0.05) is 15.9 Å². The number of hydrogen-bond acceptors (Lipinski definition) is 2. The number of amides is 1. The van der Waals surface area contributed by atoms with E-state index in [1.807, 2.05) is 12.1 Å². The topological polar surface area (TPSA) is 33.2 Å². The van der Waals surface area contributed by atoms with E-state index in [0.717, 1.165) is 14.9 Å². The highest BCUT2D eigenvalue weighted by Crippen LogP contribution is 2.28. The molecule has 2 heterocycles. The fourth-order valence-electron chi connectivity index (χ4n) is 1.52. The summed E-state index contributed by atoms with van der Waals surface area (Å²) in [4.78, 5) is 17.8. The molecule has 80 valence electrons. The van der Waals surface area contributed by atoms with Gasteiger partial charge >= 0.3 is 0 Å². The highest BCUT2D eigenvalue weighted by molar-refractivity contribution is 9.11. The van der Waals surface area contributed by atoms with Crippen LogP contribution in [0.15, 0.2) is 21.3 Å². The summed E-state index contributed by atoms with van der Waals surface area (Å²) in [7, 11) is 0. The second-order valence-corrected chi connectivity index (χ2v) is 6.20. The zero-order valence-corrected chi connectivity index (χ0v) is 12.3. The molecule has 0 saturated carbocycles. The summed E-state index contributed by atoms with van der Waals surface area (Å²) in [5.74, 6) is 0.141. The minimum absolute atomic E-state index is 0.141. The first-order valence-corrected chi connectivity index (χ1v) is 6.84. The molecule has 0 radical (unpaired) electrons. The maximum Gasteiger partial charge on any atom is 0.228 e. The predicted octanol–water partition coefficient (Wildman–Crippen LogP) is 3.11. The van der Waals surface area contributed by atoms with Crippen LogP contribution in [0, 0.1) is 0 Å². The zero-order valence-electron chi connectivity index (χ0n) is 7.58. The van der Waals surface area contributed by atoms with Gasteiger partial charge in [0.05, 0.1) is 0 Å². The first-order valence-electron chi connectivity index (χ1n) is 4.34. The van der Waals surface area contributed by atoms with Crippen molar-refractivity contribution in [1.82, 2.24) is 4.98 Å². The molecular formula is C9H7Br3N2O. The molecule has 1 fully saturated rings. The van der Waals surface area contributed by atoms with Crippen LogP contribution in [0.4, 0.5) is 5.69 Å². The summed E-state index contributed by atoms with van der Waals surface area (Å²) in [5.41, 5.74) is 0.871. The molecule has 0 aromatic carbocycles. The molecule has 3 nitrogen and oxygen atoms in total. The summed E-state index contributed by atoms with van der Waals surface area (Å²) in [6, 6.07) is 3.68. The predicted molar refractivity (Wildman–Crippen MR) is 69.3 cm³/mol. The van der Waals surface area contributed by atoms with Crippen LogP contribution < -0.4 is 4.90 Å². The lowest BCUT2D eigenvalue weighted by Crippen LogP contribution is -2.24. The number of aromatic nitrogens is 1. The molecule has 0 spiro atoms. The Morgan fingerprint density at radius 1 is 1.33 bits per heavy atom. The Hall–Kier alpha value is 0.0600. The van der Waals surface area contributed by atoms with Crippen molar-refractivity contribution in [2.75, 3.05) is 11.4 Å². The maximum atomic E-state index is 11.7. The average Bonchev–Trinajstić information content (AvgIpc) is 2.43. The van der Waals surface area contributed by atoms with Gasteiger partial charge in [-0.25, -0.2) is 4.98 Å². The van der Waals surface area contributed by atoms with Crippen LogP contribution in [0.5, 0.6) is 0 Å². The Labute approximate surface area is 113 Å². The lowest BCUT2D eigenvalue weighted by Gasteiger charge is -2.16. The summed E-state index contributed by atoms with van der Waals surface area (Å²) in [6.07, 6.45) is 0.553. The van der Waals surface area contributed by atoms with Crippen LogP contribution in [0.2, 0.25) is 0 Å². The molecule has 1 aromatic rings. The molecule has 1 amide bonds. The lowest BCUT2D eigenvalue weighted by molar-refractivity contribution is -0.117. The van der Waals surface area contributed by atoms with Gasteiger partial charge in [0.1, 0.15) is 9.21 Å². The standard InChI is InChI=1S/C9H7Br3N2O/c10-5-1-9(15)14(4-5)6-2-7(11)13-8(12)3-6/h2-3,5H,1,4H2. The Morgan fingerprint density at radius 3 is 2.40 bits per heavy atom. The van der Waals surface area contributed by atoms with Crippen molar-refractivity contribution in [2.24, 2.45) is 0 Å². The summed E-state index contributed by atoms with van der Waals surface area (Å²) in [5, 5.41) is 0. The van der Waals surface area contributed by atoms with E-state index in [2.05, 4.69) is 52.8 Å². The Balaban J connectivity index is 2.33. The van der Waals surface area contributed by atoms with Gasteiger partial charge in [0.15, 0.2) is 0 Å². The van der Waals surface area contributed by atoms with Crippen molar-refractivity contribution in [2.45, 2.75) is 11.2 Å². The highest BCUT2D eigenvalue weighted by atomic mass is 79.9. The number of carbonyl (C=O) groups excluding carboxylic acids is 1. The zero-order chi connectivity index (χ0) is 11.0. The van der Waals surface area contributed by atoms with Crippen molar-refractivity contribution in [3.05, 3.63) is 21.3 Å². The molecule has 1 atom stereocenters. The van der Waals surface area contributed by atoms with E-state index in [1.165, 1.54) is 0 Å². The summed E-state index contributed by atoms with van der Waals surface area (Å²) >= 11 is 10.1. The van der Waals surface area contributed by atoms with E-state index in [0.29, 0.717) is 13.0 Å². The normalized spacial score (nSPS) is 21.1. The fraction of sp³-hybridized carbons (Fsp3) is 0.333. The molecule has 1 saturated heterocycles. The van der Waals surface area contributed by atoms with Gasteiger partial charge in [0, 0.05) is 23.5 Å². The van der Waals surface area contributed by atoms with Gasteiger partial charge in [0.25, 0.3) is 0 Å². The number of alkyl halides is 1. The Kier molecular flexibility index (Phi) is 3.47. The van der Waals surface area contributed by atoms with Gasteiger partial charge in [-0.15, -0.1) is 0 Å². The number of anilines is 1. The van der Waals surface area contributed by atoms with Crippen molar-refractivity contribution in [1.29, 1.82) is 0 Å². The third kappa shape index (κ3) is 2.60. The van der Waals surface area contributed by atoms with Crippen LogP contribution in [0.3, 0.4) is 0 Å². The number of carbonyl (C=O) groups is 1. The van der Waals surface area contributed by atoms with Crippen molar-refractivity contribution in [3.63, 3.8) is 0 Å². The molecule has 0 N–H and O–H groups in total. The van der Waals surface area contributed by atoms with Crippen LogP contribution in [0.25, 0.3) is 0 Å². The number of pyridine rings is 1. The van der Waals surface area contributed by atoms with Gasteiger partial charge < -0.3 is 4.90 Å². The van der Waals surface area contributed by atoms with Crippen LogP contribution in [-0.4, -0.2) is 22.3 Å². The van der Waals surface area contributed by atoms with Crippen molar-refractivity contribution < 1.29 is 4.79 Å². The van der Waals surface area contributed by atoms with Gasteiger partial charge in [-0.2, -0.15) is 0 Å². The molecule has 0 aliphatic carbocycles. The largest absolute Gasteiger partial charge is 0.311 e. The van der Waals surface area contributed by atoms with E-state index in [4.69, 9.17) is 0 Å². The molecule has 1 aliphatic rings. The maximum absolute atomic E-state index is 11.7. The van der Waals surface area contributed by atoms with E-state index < -0.39 is 0 Å². The number of nitrogens with zero attached hydrogens (tertiary/aromatic N) is 2. The van der Waals surface area contributed by atoms with Gasteiger partial charge in [-0.05, 0) is 44.0 Å². The van der Waals surface area contributed by atoms with Crippen LogP contribution in [0.1, 0.15) is 6.42 Å². The van der Waals surface area contributed by atoms with Gasteiger partial charge in [-0.3, -0.25) is 4.79 Å². The second-order valence-electron chi connectivity index (χ2n) is 3.28. The number of rotatable bonds is 1. The van der Waals surface area contributed by atoms with E-state index in [-0.39, 0.29) is 10.7 Å².